The van der Waals surface area contributed by atoms with Gasteiger partial charge in [-0.15, -0.1) is 0 Å². The van der Waals surface area contributed by atoms with E-state index in [1.165, 1.54) is 6.07 Å². The Morgan fingerprint density at radius 2 is 2.11 bits per heavy atom. The minimum Gasteiger partial charge on any atom is -0.439 e. The zero-order valence-electron chi connectivity index (χ0n) is 9.51. The number of nitrogens with zero attached hydrogens (tertiary/aromatic N) is 3. The Morgan fingerprint density at radius 3 is 2.72 bits per heavy atom. The van der Waals surface area contributed by atoms with Crippen molar-refractivity contribution < 1.29 is 4.74 Å². The minimum absolute atomic E-state index is 0.0452. The second kappa shape index (κ2) is 4.90. The molecule has 0 unspecified atom stereocenters. The van der Waals surface area contributed by atoms with Crippen molar-refractivity contribution >= 4 is 17.5 Å². The van der Waals surface area contributed by atoms with Gasteiger partial charge in [0.2, 0.25) is 11.8 Å². The van der Waals surface area contributed by atoms with Crippen molar-refractivity contribution in [3.05, 3.63) is 40.5 Å². The molecule has 6 heteroatoms. The monoisotopic (exact) mass is 260 g/mol. The molecule has 0 saturated heterocycles. The highest BCUT2D eigenvalue weighted by atomic mass is 35.5. The maximum atomic E-state index is 8.77. The van der Waals surface area contributed by atoms with Crippen LogP contribution in [-0.2, 0) is 0 Å². The van der Waals surface area contributed by atoms with Crippen molar-refractivity contribution in [1.29, 1.82) is 5.26 Å². The predicted octanol–water partition coefficient (Wildman–Crippen LogP) is 2.68. The number of anilines is 1. The highest BCUT2D eigenvalue weighted by Crippen LogP contribution is 2.25. The molecule has 18 heavy (non-hydrogen) atoms. The number of benzene rings is 1. The molecular formula is C12H9ClN4O. The standard InChI is InChI=1S/C12H9ClN4O/c1-7-4-8(6-14)2-3-9(7)18-11-5-10(13)16-12(15)17-11/h2-5H,1H3,(H2,15,16,17). The number of halogens is 1. The molecule has 2 aromatic rings. The molecule has 0 aliphatic heterocycles. The van der Waals surface area contributed by atoms with E-state index in [-0.39, 0.29) is 17.0 Å². The molecule has 0 bridgehead atoms. The smallest absolute Gasteiger partial charge is 0.225 e. The number of hydrogen-bond donors (Lipinski definition) is 1. The van der Waals surface area contributed by atoms with Crippen molar-refractivity contribution in [2.45, 2.75) is 6.92 Å². The van der Waals surface area contributed by atoms with Crippen LogP contribution in [0.15, 0.2) is 24.3 Å². The topological polar surface area (TPSA) is 84.8 Å². The van der Waals surface area contributed by atoms with E-state index >= 15 is 0 Å². The Bertz CT molecular complexity index is 616. The van der Waals surface area contributed by atoms with E-state index in [1.54, 1.807) is 18.2 Å². The van der Waals surface area contributed by atoms with Gasteiger partial charge in [0, 0.05) is 6.07 Å². The molecule has 2 rings (SSSR count). The largest absolute Gasteiger partial charge is 0.439 e. The van der Waals surface area contributed by atoms with Gasteiger partial charge in [-0.1, -0.05) is 11.6 Å². The summed E-state index contributed by atoms with van der Waals surface area (Å²) in [7, 11) is 0. The Hall–Kier alpha value is -2.32. The lowest BCUT2D eigenvalue weighted by Gasteiger charge is -2.08. The molecule has 0 atom stereocenters. The van der Waals surface area contributed by atoms with E-state index < -0.39 is 0 Å². The molecule has 1 aromatic heterocycles. The minimum atomic E-state index is 0.0452. The first-order valence-corrected chi connectivity index (χ1v) is 5.45. The Labute approximate surface area is 109 Å². The fourth-order valence-corrected chi connectivity index (χ4v) is 1.59. The molecule has 1 aromatic carbocycles. The lowest BCUT2D eigenvalue weighted by Crippen LogP contribution is -1.98. The van der Waals surface area contributed by atoms with Gasteiger partial charge in [0.25, 0.3) is 0 Å². The van der Waals surface area contributed by atoms with Crippen LogP contribution in [0.2, 0.25) is 5.15 Å². The predicted molar refractivity (Wildman–Crippen MR) is 67.4 cm³/mol. The highest BCUT2D eigenvalue weighted by molar-refractivity contribution is 6.29. The average molecular weight is 261 g/mol. The van der Waals surface area contributed by atoms with Crippen molar-refractivity contribution in [3.63, 3.8) is 0 Å². The molecular weight excluding hydrogens is 252 g/mol. The van der Waals surface area contributed by atoms with E-state index in [1.807, 2.05) is 6.92 Å². The zero-order valence-corrected chi connectivity index (χ0v) is 10.3. The van der Waals surface area contributed by atoms with Gasteiger partial charge < -0.3 is 10.5 Å². The molecule has 0 amide bonds. The van der Waals surface area contributed by atoms with Crippen molar-refractivity contribution in [1.82, 2.24) is 9.97 Å². The highest BCUT2D eigenvalue weighted by Gasteiger charge is 2.06. The van der Waals surface area contributed by atoms with E-state index in [4.69, 9.17) is 27.3 Å². The maximum Gasteiger partial charge on any atom is 0.225 e. The van der Waals surface area contributed by atoms with Gasteiger partial charge in [-0.05, 0) is 30.7 Å². The van der Waals surface area contributed by atoms with Crippen LogP contribution in [0, 0.1) is 18.3 Å². The number of aromatic nitrogens is 2. The first-order valence-electron chi connectivity index (χ1n) is 5.07. The summed E-state index contributed by atoms with van der Waals surface area (Å²) in [5, 5.41) is 8.98. The number of ether oxygens (including phenoxy) is 1. The summed E-state index contributed by atoms with van der Waals surface area (Å²) in [5.41, 5.74) is 6.86. The molecule has 0 aliphatic rings. The van der Waals surface area contributed by atoms with Crippen molar-refractivity contribution in [3.8, 4) is 17.7 Å². The number of nitrogen functional groups attached to an aromatic ring is 1. The Morgan fingerprint density at radius 1 is 1.33 bits per heavy atom. The van der Waals surface area contributed by atoms with Crippen LogP contribution < -0.4 is 10.5 Å². The molecule has 0 spiro atoms. The Balaban J connectivity index is 2.31. The third kappa shape index (κ3) is 2.67. The van der Waals surface area contributed by atoms with E-state index in [9.17, 15) is 0 Å². The summed E-state index contributed by atoms with van der Waals surface area (Å²) in [5.74, 6) is 0.896. The normalized spacial score (nSPS) is 9.83. The van der Waals surface area contributed by atoms with Gasteiger partial charge in [-0.25, -0.2) is 4.98 Å². The van der Waals surface area contributed by atoms with Crippen LogP contribution in [0.1, 0.15) is 11.1 Å². The zero-order chi connectivity index (χ0) is 13.1. The number of nitrogens with two attached hydrogens (primary N) is 1. The number of rotatable bonds is 2. The van der Waals surface area contributed by atoms with Gasteiger partial charge in [-0.2, -0.15) is 10.2 Å². The number of aryl methyl sites for hydroxylation is 1. The van der Waals surface area contributed by atoms with E-state index in [0.29, 0.717) is 11.3 Å². The maximum absolute atomic E-state index is 8.77. The van der Waals surface area contributed by atoms with Crippen LogP contribution >= 0.6 is 11.6 Å². The number of nitriles is 1. The summed E-state index contributed by atoms with van der Waals surface area (Å²) >= 11 is 5.75. The van der Waals surface area contributed by atoms with Crippen LogP contribution in [0.5, 0.6) is 11.6 Å². The second-order valence-electron chi connectivity index (χ2n) is 3.58. The third-order valence-corrected chi connectivity index (χ3v) is 2.40. The summed E-state index contributed by atoms with van der Waals surface area (Å²) < 4.78 is 5.55. The summed E-state index contributed by atoms with van der Waals surface area (Å²) in [6.45, 7) is 1.84. The van der Waals surface area contributed by atoms with Crippen LogP contribution in [0.4, 0.5) is 5.95 Å². The molecule has 0 aliphatic carbocycles. The number of hydrogen-bond acceptors (Lipinski definition) is 5. The Kier molecular flexibility index (Phi) is 3.31. The fraction of sp³-hybridized carbons (Fsp3) is 0.0833. The molecule has 0 fully saturated rings. The van der Waals surface area contributed by atoms with Gasteiger partial charge >= 0.3 is 0 Å². The lowest BCUT2D eigenvalue weighted by molar-refractivity contribution is 0.459. The molecule has 1 heterocycles. The van der Waals surface area contributed by atoms with E-state index in [0.717, 1.165) is 5.56 Å². The molecule has 5 nitrogen and oxygen atoms in total. The van der Waals surface area contributed by atoms with Gasteiger partial charge in [-0.3, -0.25) is 0 Å². The SMILES string of the molecule is Cc1cc(C#N)ccc1Oc1cc(Cl)nc(N)n1. The quantitative estimate of drug-likeness (QED) is 0.839. The van der Waals surface area contributed by atoms with Crippen molar-refractivity contribution in [2.75, 3.05) is 5.73 Å². The molecule has 90 valence electrons. The first-order chi connectivity index (χ1) is 8.58. The summed E-state index contributed by atoms with van der Waals surface area (Å²) in [6, 6.07) is 8.60. The fourth-order valence-electron chi connectivity index (χ4n) is 1.41. The lowest BCUT2D eigenvalue weighted by atomic mass is 10.1. The van der Waals surface area contributed by atoms with Crippen LogP contribution in [-0.4, -0.2) is 9.97 Å². The molecule has 2 N–H and O–H groups in total. The van der Waals surface area contributed by atoms with Crippen LogP contribution in [0.25, 0.3) is 0 Å². The summed E-state index contributed by atoms with van der Waals surface area (Å²) in [4.78, 5) is 7.64. The van der Waals surface area contributed by atoms with Crippen LogP contribution in [0.3, 0.4) is 0 Å². The first kappa shape index (κ1) is 12.1. The van der Waals surface area contributed by atoms with Gasteiger partial charge in [0.05, 0.1) is 11.6 Å². The van der Waals surface area contributed by atoms with Gasteiger partial charge in [0.15, 0.2) is 0 Å². The summed E-state index contributed by atoms with van der Waals surface area (Å²) in [6.07, 6.45) is 0. The second-order valence-corrected chi connectivity index (χ2v) is 3.97. The molecule has 0 saturated carbocycles. The van der Waals surface area contributed by atoms with E-state index in [2.05, 4.69) is 16.0 Å². The van der Waals surface area contributed by atoms with Gasteiger partial charge in [0.1, 0.15) is 10.9 Å². The third-order valence-electron chi connectivity index (χ3n) is 2.21. The molecule has 0 radical (unpaired) electrons. The van der Waals surface area contributed by atoms with Crippen molar-refractivity contribution in [2.24, 2.45) is 0 Å². The average Bonchev–Trinajstić information content (AvgIpc) is 2.30.